The molecule has 6 nitrogen and oxygen atoms in total. The first kappa shape index (κ1) is 14.4. The number of hydrogen-bond acceptors (Lipinski definition) is 3. The molecule has 100 valence electrons. The summed E-state index contributed by atoms with van der Waals surface area (Å²) in [7, 11) is -3.66. The van der Waals surface area contributed by atoms with Gasteiger partial charge in [0.2, 0.25) is 0 Å². The second-order valence-electron chi connectivity index (χ2n) is 4.49. The average molecular weight is 264 g/mol. The lowest BCUT2D eigenvalue weighted by molar-refractivity contribution is -0.143. The van der Waals surface area contributed by atoms with E-state index >= 15 is 0 Å². The van der Waals surface area contributed by atoms with Crippen molar-refractivity contribution in [1.82, 2.24) is 9.03 Å². The van der Waals surface area contributed by atoms with E-state index in [2.05, 4.69) is 4.72 Å². The number of hydrogen-bond donors (Lipinski definition) is 2. The summed E-state index contributed by atoms with van der Waals surface area (Å²) >= 11 is 0. The van der Waals surface area contributed by atoms with Gasteiger partial charge in [0.1, 0.15) is 6.04 Å². The van der Waals surface area contributed by atoms with E-state index in [1.165, 1.54) is 0 Å². The van der Waals surface area contributed by atoms with Crippen LogP contribution >= 0.6 is 0 Å². The average Bonchev–Trinajstić information content (AvgIpc) is 2.26. The summed E-state index contributed by atoms with van der Waals surface area (Å²) in [5.41, 5.74) is 0. The molecule has 0 saturated carbocycles. The summed E-state index contributed by atoms with van der Waals surface area (Å²) in [6, 6.07) is -0.937. The van der Waals surface area contributed by atoms with E-state index in [0.717, 1.165) is 4.31 Å². The van der Waals surface area contributed by atoms with Crippen molar-refractivity contribution < 1.29 is 18.3 Å². The summed E-state index contributed by atoms with van der Waals surface area (Å²) in [6.07, 6.45) is 1.76. The Bertz CT molecular complexity index is 369. The Kier molecular flexibility index (Phi) is 4.91. The predicted molar refractivity (Wildman–Crippen MR) is 63.7 cm³/mol. The van der Waals surface area contributed by atoms with Crippen molar-refractivity contribution in [1.29, 1.82) is 0 Å². The highest BCUT2D eigenvalue weighted by atomic mass is 32.2. The molecule has 2 N–H and O–H groups in total. The van der Waals surface area contributed by atoms with Crippen LogP contribution in [0.25, 0.3) is 0 Å². The molecule has 0 spiro atoms. The van der Waals surface area contributed by atoms with Crippen LogP contribution in [0.2, 0.25) is 0 Å². The summed E-state index contributed by atoms with van der Waals surface area (Å²) < 4.78 is 27.3. The van der Waals surface area contributed by atoms with Gasteiger partial charge in [-0.2, -0.15) is 12.7 Å². The molecule has 1 saturated heterocycles. The van der Waals surface area contributed by atoms with Crippen LogP contribution in [-0.4, -0.2) is 42.9 Å². The fourth-order valence-corrected chi connectivity index (χ4v) is 3.43. The number of aliphatic carboxylic acids is 1. The standard InChI is InChI=1S/C10H20N2O4S/c1-3-5-11-17(15,16)12-6-4-8(2)7-9(12)10(13)14/h8-9,11H,3-7H2,1-2H3,(H,13,14). The van der Waals surface area contributed by atoms with Crippen molar-refractivity contribution in [3.05, 3.63) is 0 Å². The zero-order valence-corrected chi connectivity index (χ0v) is 11.0. The number of carbonyl (C=O) groups is 1. The van der Waals surface area contributed by atoms with E-state index in [4.69, 9.17) is 5.11 Å². The Morgan fingerprint density at radius 3 is 2.71 bits per heavy atom. The van der Waals surface area contributed by atoms with E-state index in [0.29, 0.717) is 25.8 Å². The molecular weight excluding hydrogens is 244 g/mol. The molecule has 17 heavy (non-hydrogen) atoms. The van der Waals surface area contributed by atoms with Gasteiger partial charge in [-0.25, -0.2) is 4.72 Å². The molecule has 0 amide bonds. The largest absolute Gasteiger partial charge is 0.480 e. The third kappa shape index (κ3) is 3.65. The highest BCUT2D eigenvalue weighted by Gasteiger charge is 2.38. The van der Waals surface area contributed by atoms with Crippen LogP contribution in [0.1, 0.15) is 33.1 Å². The summed E-state index contributed by atoms with van der Waals surface area (Å²) in [5, 5.41) is 9.08. The van der Waals surface area contributed by atoms with Gasteiger partial charge in [0, 0.05) is 13.1 Å². The normalized spacial score (nSPS) is 26.9. The molecule has 0 aromatic carbocycles. The Labute approximate surface area is 102 Å². The fourth-order valence-electron chi connectivity index (χ4n) is 1.95. The Morgan fingerprint density at radius 2 is 2.18 bits per heavy atom. The van der Waals surface area contributed by atoms with Crippen molar-refractivity contribution in [3.8, 4) is 0 Å². The van der Waals surface area contributed by atoms with Gasteiger partial charge in [0.25, 0.3) is 10.2 Å². The second kappa shape index (κ2) is 5.79. The van der Waals surface area contributed by atoms with Gasteiger partial charge in [-0.15, -0.1) is 0 Å². The third-order valence-corrected chi connectivity index (χ3v) is 4.57. The molecule has 7 heteroatoms. The molecule has 1 aliphatic heterocycles. The Hall–Kier alpha value is -0.660. The molecule has 0 aromatic heterocycles. The predicted octanol–water partition coefficient (Wildman–Crippen LogP) is 0.416. The molecular formula is C10H20N2O4S. The SMILES string of the molecule is CCCNS(=O)(=O)N1CCC(C)CC1C(=O)O. The first-order valence-electron chi connectivity index (χ1n) is 5.87. The van der Waals surface area contributed by atoms with Crippen molar-refractivity contribution in [3.63, 3.8) is 0 Å². The quantitative estimate of drug-likeness (QED) is 0.753. The Balaban J connectivity index is 2.82. The number of rotatable bonds is 5. The van der Waals surface area contributed by atoms with Gasteiger partial charge in [-0.1, -0.05) is 13.8 Å². The molecule has 1 aliphatic rings. The lowest BCUT2D eigenvalue weighted by Crippen LogP contribution is -2.53. The second-order valence-corrected chi connectivity index (χ2v) is 6.20. The smallest absolute Gasteiger partial charge is 0.322 e. The molecule has 2 unspecified atom stereocenters. The van der Waals surface area contributed by atoms with Crippen LogP contribution in [-0.2, 0) is 15.0 Å². The van der Waals surface area contributed by atoms with Crippen LogP contribution < -0.4 is 4.72 Å². The minimum atomic E-state index is -3.66. The van der Waals surface area contributed by atoms with E-state index in [1.54, 1.807) is 0 Å². The molecule has 1 rings (SSSR count). The zero-order valence-electron chi connectivity index (χ0n) is 10.2. The molecule has 2 atom stereocenters. The van der Waals surface area contributed by atoms with Crippen molar-refractivity contribution in [2.75, 3.05) is 13.1 Å². The van der Waals surface area contributed by atoms with Crippen LogP contribution in [0.5, 0.6) is 0 Å². The summed E-state index contributed by atoms with van der Waals surface area (Å²) in [4.78, 5) is 11.1. The maximum atomic E-state index is 11.9. The zero-order chi connectivity index (χ0) is 13.1. The van der Waals surface area contributed by atoms with Crippen LogP contribution in [0, 0.1) is 5.92 Å². The maximum Gasteiger partial charge on any atom is 0.322 e. The summed E-state index contributed by atoms with van der Waals surface area (Å²) in [6.45, 7) is 4.41. The first-order valence-corrected chi connectivity index (χ1v) is 7.31. The highest BCUT2D eigenvalue weighted by molar-refractivity contribution is 7.87. The molecule has 0 bridgehead atoms. The fraction of sp³-hybridized carbons (Fsp3) is 0.900. The lowest BCUT2D eigenvalue weighted by atomic mass is 9.94. The lowest BCUT2D eigenvalue weighted by Gasteiger charge is -2.34. The molecule has 1 heterocycles. The highest BCUT2D eigenvalue weighted by Crippen LogP contribution is 2.24. The number of carboxylic acid groups (broad SMARTS) is 1. The minimum absolute atomic E-state index is 0.244. The number of piperidine rings is 1. The summed E-state index contributed by atoms with van der Waals surface area (Å²) in [5.74, 6) is -0.827. The van der Waals surface area contributed by atoms with Crippen LogP contribution in [0.4, 0.5) is 0 Å². The van der Waals surface area contributed by atoms with Crippen LogP contribution in [0.15, 0.2) is 0 Å². The first-order chi connectivity index (χ1) is 7.88. The number of nitrogens with one attached hydrogen (secondary N) is 1. The van der Waals surface area contributed by atoms with Gasteiger partial charge in [0.05, 0.1) is 0 Å². The van der Waals surface area contributed by atoms with Crippen molar-refractivity contribution >= 4 is 16.2 Å². The molecule has 0 aromatic rings. The van der Waals surface area contributed by atoms with Crippen LogP contribution in [0.3, 0.4) is 0 Å². The van der Waals surface area contributed by atoms with Gasteiger partial charge >= 0.3 is 5.97 Å². The maximum absolute atomic E-state index is 11.9. The third-order valence-electron chi connectivity index (χ3n) is 2.94. The van der Waals surface area contributed by atoms with E-state index in [1.807, 2.05) is 13.8 Å². The van der Waals surface area contributed by atoms with E-state index in [-0.39, 0.29) is 12.5 Å². The monoisotopic (exact) mass is 264 g/mol. The molecule has 1 fully saturated rings. The Morgan fingerprint density at radius 1 is 1.53 bits per heavy atom. The molecule has 0 aliphatic carbocycles. The van der Waals surface area contributed by atoms with Gasteiger partial charge in [-0.05, 0) is 25.2 Å². The van der Waals surface area contributed by atoms with E-state index < -0.39 is 22.2 Å². The topological polar surface area (TPSA) is 86.7 Å². The number of nitrogens with zero attached hydrogens (tertiary/aromatic N) is 1. The van der Waals surface area contributed by atoms with Gasteiger partial charge in [0.15, 0.2) is 0 Å². The number of carboxylic acids is 1. The van der Waals surface area contributed by atoms with Crippen molar-refractivity contribution in [2.24, 2.45) is 5.92 Å². The van der Waals surface area contributed by atoms with Gasteiger partial charge < -0.3 is 5.11 Å². The minimum Gasteiger partial charge on any atom is -0.480 e. The van der Waals surface area contributed by atoms with Crippen molar-refractivity contribution in [2.45, 2.75) is 39.2 Å². The van der Waals surface area contributed by atoms with E-state index in [9.17, 15) is 13.2 Å². The van der Waals surface area contributed by atoms with Gasteiger partial charge in [-0.3, -0.25) is 4.79 Å². The molecule has 0 radical (unpaired) electrons.